The standard InChI is InChI=1S/C14H16O5P2/c1-17-20(15)9-11-5-3-8-14-12(6-4-7-13(11)14)10-21(16,18-2)19-20/h3-8H,9-10H2,1-2H3. The normalized spacial score (nSPS) is 29.0. The van der Waals surface area contributed by atoms with Crippen molar-refractivity contribution < 1.29 is 22.5 Å². The number of benzene rings is 2. The second-order valence-electron chi connectivity index (χ2n) is 4.91. The molecule has 21 heavy (non-hydrogen) atoms. The fraction of sp³-hybridized carbons (Fsp3) is 0.286. The maximum atomic E-state index is 12.8. The summed E-state index contributed by atoms with van der Waals surface area (Å²) >= 11 is 0. The third-order valence-corrected chi connectivity index (χ3v) is 8.19. The summed E-state index contributed by atoms with van der Waals surface area (Å²) in [6.45, 7) is 0. The number of hydrogen-bond acceptors (Lipinski definition) is 5. The highest BCUT2D eigenvalue weighted by molar-refractivity contribution is 7.66. The van der Waals surface area contributed by atoms with E-state index >= 15 is 0 Å². The lowest BCUT2D eigenvalue weighted by Gasteiger charge is -2.21. The fourth-order valence-corrected chi connectivity index (χ4v) is 6.73. The zero-order valence-electron chi connectivity index (χ0n) is 11.8. The molecule has 5 nitrogen and oxygen atoms in total. The average Bonchev–Trinajstić information content (AvgIpc) is 2.49. The third-order valence-electron chi connectivity index (χ3n) is 3.64. The van der Waals surface area contributed by atoms with E-state index in [2.05, 4.69) is 0 Å². The first-order chi connectivity index (χ1) is 9.99. The van der Waals surface area contributed by atoms with Crippen LogP contribution in [0, 0.1) is 0 Å². The monoisotopic (exact) mass is 326 g/mol. The molecule has 112 valence electrons. The van der Waals surface area contributed by atoms with Crippen molar-refractivity contribution in [3.63, 3.8) is 0 Å². The van der Waals surface area contributed by atoms with Gasteiger partial charge in [0, 0.05) is 14.2 Å². The molecule has 0 N–H and O–H groups in total. The summed E-state index contributed by atoms with van der Waals surface area (Å²) in [5.41, 5.74) is 1.70. The van der Waals surface area contributed by atoms with Crippen LogP contribution in [0.25, 0.3) is 10.8 Å². The summed E-state index contributed by atoms with van der Waals surface area (Å²) in [5.74, 6) is 0. The van der Waals surface area contributed by atoms with Gasteiger partial charge in [0.2, 0.25) is 0 Å². The molecule has 0 fully saturated rings. The molecule has 2 unspecified atom stereocenters. The zero-order valence-corrected chi connectivity index (χ0v) is 13.6. The summed E-state index contributed by atoms with van der Waals surface area (Å²) in [7, 11) is -4.46. The molecular formula is C14H16O5P2. The van der Waals surface area contributed by atoms with Crippen LogP contribution in [-0.2, 0) is 34.8 Å². The molecule has 2 aromatic carbocycles. The maximum Gasteiger partial charge on any atom is 0.341 e. The Kier molecular flexibility index (Phi) is 3.81. The lowest BCUT2D eigenvalue weighted by Crippen LogP contribution is -1.98. The van der Waals surface area contributed by atoms with Gasteiger partial charge in [0.25, 0.3) is 0 Å². The van der Waals surface area contributed by atoms with Crippen molar-refractivity contribution in [2.45, 2.75) is 12.3 Å². The Morgan fingerprint density at radius 1 is 0.857 bits per heavy atom. The first-order valence-electron chi connectivity index (χ1n) is 6.49. The van der Waals surface area contributed by atoms with Gasteiger partial charge in [-0.25, -0.2) is 4.31 Å². The van der Waals surface area contributed by atoms with Crippen LogP contribution in [0.4, 0.5) is 0 Å². The molecule has 4 bridgehead atoms. The van der Waals surface area contributed by atoms with E-state index in [-0.39, 0.29) is 12.3 Å². The Bertz CT molecular complexity index is 721. The summed E-state index contributed by atoms with van der Waals surface area (Å²) in [4.78, 5) is 0. The molecule has 3 rings (SSSR count). The van der Waals surface area contributed by atoms with Crippen LogP contribution in [0.5, 0.6) is 0 Å². The van der Waals surface area contributed by atoms with E-state index in [9.17, 15) is 9.13 Å². The lowest BCUT2D eigenvalue weighted by molar-refractivity contribution is 0.275. The van der Waals surface area contributed by atoms with Crippen LogP contribution in [0.3, 0.4) is 0 Å². The molecule has 2 atom stereocenters. The van der Waals surface area contributed by atoms with Crippen molar-refractivity contribution in [3.05, 3.63) is 47.5 Å². The van der Waals surface area contributed by atoms with Crippen LogP contribution in [-0.4, -0.2) is 14.2 Å². The molecule has 0 aliphatic carbocycles. The highest BCUT2D eigenvalue weighted by Gasteiger charge is 2.38. The molecular weight excluding hydrogens is 310 g/mol. The number of rotatable bonds is 2. The van der Waals surface area contributed by atoms with Crippen LogP contribution < -0.4 is 0 Å². The average molecular weight is 326 g/mol. The molecule has 0 aromatic heterocycles. The summed E-state index contributed by atoms with van der Waals surface area (Å²) in [6, 6.07) is 11.5. The Morgan fingerprint density at radius 3 is 1.67 bits per heavy atom. The van der Waals surface area contributed by atoms with E-state index in [1.54, 1.807) is 0 Å². The molecule has 0 amide bonds. The highest BCUT2D eigenvalue weighted by Crippen LogP contribution is 2.67. The van der Waals surface area contributed by atoms with Gasteiger partial charge in [0.1, 0.15) is 0 Å². The second-order valence-corrected chi connectivity index (χ2v) is 9.37. The molecule has 1 aliphatic heterocycles. The summed E-state index contributed by atoms with van der Waals surface area (Å²) in [6.07, 6.45) is 0.134. The minimum atomic E-state index is -3.53. The van der Waals surface area contributed by atoms with Gasteiger partial charge in [0.05, 0.1) is 12.3 Å². The Labute approximate surface area is 123 Å². The molecule has 0 radical (unpaired) electrons. The van der Waals surface area contributed by atoms with Crippen LogP contribution >= 0.6 is 15.2 Å². The predicted molar refractivity (Wildman–Crippen MR) is 81.7 cm³/mol. The van der Waals surface area contributed by atoms with Crippen LogP contribution in [0.15, 0.2) is 36.4 Å². The van der Waals surface area contributed by atoms with Gasteiger partial charge >= 0.3 is 15.2 Å². The summed E-state index contributed by atoms with van der Waals surface area (Å²) < 4.78 is 41.0. The fourth-order valence-electron chi connectivity index (χ4n) is 2.58. The van der Waals surface area contributed by atoms with E-state index in [1.165, 1.54) is 14.2 Å². The quantitative estimate of drug-likeness (QED) is 0.758. The topological polar surface area (TPSA) is 61.8 Å². The SMILES string of the molecule is COP1(=O)Cc2cccc3c(cccc23)CP(=O)(OC)O1. The van der Waals surface area contributed by atoms with Crippen molar-refractivity contribution in [2.75, 3.05) is 14.2 Å². The van der Waals surface area contributed by atoms with Crippen molar-refractivity contribution in [1.82, 2.24) is 0 Å². The van der Waals surface area contributed by atoms with E-state index in [1.807, 2.05) is 36.4 Å². The van der Waals surface area contributed by atoms with Crippen molar-refractivity contribution >= 4 is 26.0 Å². The van der Waals surface area contributed by atoms with E-state index in [0.717, 1.165) is 21.9 Å². The molecule has 1 aliphatic rings. The Hall–Kier alpha value is -0.960. The molecule has 1 heterocycles. The Balaban J connectivity index is 2.29. The van der Waals surface area contributed by atoms with Crippen LogP contribution in [0.2, 0.25) is 0 Å². The smallest absolute Gasteiger partial charge is 0.311 e. The van der Waals surface area contributed by atoms with Crippen LogP contribution in [0.1, 0.15) is 11.1 Å². The van der Waals surface area contributed by atoms with Crippen molar-refractivity contribution in [2.24, 2.45) is 0 Å². The predicted octanol–water partition coefficient (Wildman–Crippen LogP) is 4.55. The highest BCUT2D eigenvalue weighted by atomic mass is 31.3. The van der Waals surface area contributed by atoms with Gasteiger partial charge in [-0.05, 0) is 21.9 Å². The largest absolute Gasteiger partial charge is 0.341 e. The third kappa shape index (κ3) is 2.73. The first kappa shape index (κ1) is 15.0. The number of hydrogen-bond donors (Lipinski definition) is 0. The molecule has 0 spiro atoms. The maximum absolute atomic E-state index is 12.8. The molecule has 0 saturated carbocycles. The minimum absolute atomic E-state index is 0.0671. The minimum Gasteiger partial charge on any atom is -0.311 e. The lowest BCUT2D eigenvalue weighted by atomic mass is 10.0. The van der Waals surface area contributed by atoms with Gasteiger partial charge < -0.3 is 9.05 Å². The van der Waals surface area contributed by atoms with Gasteiger partial charge in [-0.2, -0.15) is 0 Å². The Morgan fingerprint density at radius 2 is 1.29 bits per heavy atom. The van der Waals surface area contributed by atoms with Gasteiger partial charge in [-0.15, -0.1) is 0 Å². The van der Waals surface area contributed by atoms with E-state index < -0.39 is 15.2 Å². The summed E-state index contributed by atoms with van der Waals surface area (Å²) in [5, 5.41) is 1.95. The molecule has 2 aromatic rings. The van der Waals surface area contributed by atoms with Gasteiger partial charge in [0.15, 0.2) is 0 Å². The second kappa shape index (κ2) is 5.35. The van der Waals surface area contributed by atoms with E-state index in [4.69, 9.17) is 13.4 Å². The first-order valence-corrected chi connectivity index (χ1v) is 9.95. The molecule has 0 saturated heterocycles. The van der Waals surface area contributed by atoms with E-state index in [0.29, 0.717) is 0 Å². The van der Waals surface area contributed by atoms with Gasteiger partial charge in [-0.3, -0.25) is 9.13 Å². The molecule has 7 heteroatoms. The zero-order chi connectivity index (χ0) is 15.1. The van der Waals surface area contributed by atoms with Gasteiger partial charge in [-0.1, -0.05) is 36.4 Å². The van der Waals surface area contributed by atoms with Crippen molar-refractivity contribution in [3.8, 4) is 0 Å². The van der Waals surface area contributed by atoms with Crippen molar-refractivity contribution in [1.29, 1.82) is 0 Å².